The normalized spacial score (nSPS) is 23.2. The fourth-order valence-electron chi connectivity index (χ4n) is 2.90. The van der Waals surface area contributed by atoms with Crippen molar-refractivity contribution in [3.05, 3.63) is 12.3 Å². The SMILES string of the molecule is C=C(N)[C@@H](C#N)C(=O)COC(=O)C1CCC(C(C)(C)C)CC1. The third-order valence-corrected chi connectivity index (χ3v) is 4.46. The van der Waals surface area contributed by atoms with Gasteiger partial charge in [0.05, 0.1) is 12.0 Å². The van der Waals surface area contributed by atoms with E-state index in [2.05, 4.69) is 27.4 Å². The van der Waals surface area contributed by atoms with Gasteiger partial charge in [-0.15, -0.1) is 0 Å². The van der Waals surface area contributed by atoms with Gasteiger partial charge in [-0.1, -0.05) is 27.4 Å². The van der Waals surface area contributed by atoms with E-state index < -0.39 is 18.3 Å². The van der Waals surface area contributed by atoms with Gasteiger partial charge in [0.1, 0.15) is 5.92 Å². The Kier molecular flexibility index (Phi) is 6.16. The van der Waals surface area contributed by atoms with Crippen LogP contribution < -0.4 is 5.73 Å². The molecule has 0 unspecified atom stereocenters. The highest BCUT2D eigenvalue weighted by atomic mass is 16.5. The molecule has 5 nitrogen and oxygen atoms in total. The van der Waals surface area contributed by atoms with Gasteiger partial charge in [0.25, 0.3) is 0 Å². The van der Waals surface area contributed by atoms with Crippen molar-refractivity contribution in [2.45, 2.75) is 46.5 Å². The average Bonchev–Trinajstić information content (AvgIpc) is 2.44. The lowest BCUT2D eigenvalue weighted by Gasteiger charge is -2.36. The van der Waals surface area contributed by atoms with Gasteiger partial charge >= 0.3 is 5.97 Å². The van der Waals surface area contributed by atoms with E-state index in [0.29, 0.717) is 5.92 Å². The lowest BCUT2D eigenvalue weighted by molar-refractivity contribution is -0.154. The van der Waals surface area contributed by atoms with Crippen LogP contribution in [0.4, 0.5) is 0 Å². The first-order chi connectivity index (χ1) is 10.2. The molecule has 1 atom stereocenters. The molecular weight excluding hydrogens is 280 g/mol. The molecule has 1 saturated carbocycles. The third kappa shape index (κ3) is 4.87. The van der Waals surface area contributed by atoms with E-state index in [1.54, 1.807) is 6.07 Å². The predicted octanol–water partition coefficient (Wildman–Crippen LogP) is 2.56. The Hall–Kier alpha value is -1.83. The molecule has 22 heavy (non-hydrogen) atoms. The van der Waals surface area contributed by atoms with Crippen molar-refractivity contribution < 1.29 is 14.3 Å². The standard InChI is InChI=1S/C17H26N2O3/c1-11(19)14(9-18)15(20)10-22-16(21)12-5-7-13(8-6-12)17(2,3)4/h12-14H,1,5-8,10,19H2,2-4H3/t12?,13?,14-/m1/s1. The number of hydrogen-bond donors (Lipinski definition) is 1. The molecule has 5 heteroatoms. The largest absolute Gasteiger partial charge is 0.457 e. The van der Waals surface area contributed by atoms with Gasteiger partial charge in [-0.2, -0.15) is 5.26 Å². The van der Waals surface area contributed by atoms with E-state index in [4.69, 9.17) is 15.7 Å². The van der Waals surface area contributed by atoms with Crippen LogP contribution in [-0.2, 0) is 14.3 Å². The minimum absolute atomic E-state index is 0.0192. The van der Waals surface area contributed by atoms with Crippen LogP contribution in [-0.4, -0.2) is 18.4 Å². The van der Waals surface area contributed by atoms with Gasteiger partial charge < -0.3 is 10.5 Å². The molecule has 0 spiro atoms. The summed E-state index contributed by atoms with van der Waals surface area (Å²) in [5.41, 5.74) is 5.61. The van der Waals surface area contributed by atoms with Crippen LogP contribution in [0.25, 0.3) is 0 Å². The second kappa shape index (κ2) is 7.44. The van der Waals surface area contributed by atoms with Crippen LogP contribution >= 0.6 is 0 Å². The highest BCUT2D eigenvalue weighted by Gasteiger charge is 2.33. The highest BCUT2D eigenvalue weighted by molar-refractivity contribution is 5.88. The Morgan fingerprint density at radius 1 is 1.32 bits per heavy atom. The molecule has 1 aliphatic carbocycles. The monoisotopic (exact) mass is 306 g/mol. The number of ether oxygens (including phenoxy) is 1. The van der Waals surface area contributed by atoms with Gasteiger partial charge in [0.2, 0.25) is 0 Å². The van der Waals surface area contributed by atoms with Crippen LogP contribution in [0.1, 0.15) is 46.5 Å². The lowest BCUT2D eigenvalue weighted by Crippen LogP contribution is -2.31. The Balaban J connectivity index is 2.43. The van der Waals surface area contributed by atoms with E-state index in [-0.39, 0.29) is 23.0 Å². The second-order valence-corrected chi connectivity index (χ2v) is 7.13. The molecule has 1 aliphatic rings. The molecule has 0 radical (unpaired) electrons. The van der Waals surface area contributed by atoms with Crippen LogP contribution in [0.5, 0.6) is 0 Å². The summed E-state index contributed by atoms with van der Waals surface area (Å²) >= 11 is 0. The fraction of sp³-hybridized carbons (Fsp3) is 0.706. The summed E-state index contributed by atoms with van der Waals surface area (Å²) in [7, 11) is 0. The van der Waals surface area contributed by atoms with Crippen molar-refractivity contribution >= 4 is 11.8 Å². The number of Topliss-reactive ketones (excluding diaryl/α,β-unsaturated/α-hetero) is 1. The van der Waals surface area contributed by atoms with Crippen molar-refractivity contribution in [1.82, 2.24) is 0 Å². The van der Waals surface area contributed by atoms with Crippen LogP contribution in [0.15, 0.2) is 12.3 Å². The summed E-state index contributed by atoms with van der Waals surface area (Å²) in [5, 5.41) is 8.83. The molecule has 0 heterocycles. The minimum Gasteiger partial charge on any atom is -0.457 e. The molecule has 1 fully saturated rings. The maximum absolute atomic E-state index is 12.0. The van der Waals surface area contributed by atoms with E-state index >= 15 is 0 Å². The van der Waals surface area contributed by atoms with E-state index in [9.17, 15) is 9.59 Å². The molecule has 2 N–H and O–H groups in total. The molecule has 0 bridgehead atoms. The van der Waals surface area contributed by atoms with Crippen LogP contribution in [0, 0.1) is 34.5 Å². The maximum Gasteiger partial charge on any atom is 0.309 e. The first-order valence-electron chi connectivity index (χ1n) is 7.70. The molecule has 0 amide bonds. The number of carbonyl (C=O) groups excluding carboxylic acids is 2. The molecule has 122 valence electrons. The highest BCUT2D eigenvalue weighted by Crippen LogP contribution is 2.40. The first kappa shape index (κ1) is 18.2. The quantitative estimate of drug-likeness (QED) is 0.788. The Morgan fingerprint density at radius 3 is 2.27 bits per heavy atom. The number of nitrogens with zero attached hydrogens (tertiary/aromatic N) is 1. The molecule has 1 rings (SSSR count). The van der Waals surface area contributed by atoms with Gasteiger partial charge in [0.15, 0.2) is 12.4 Å². The number of nitriles is 1. The number of carbonyl (C=O) groups is 2. The third-order valence-electron chi connectivity index (χ3n) is 4.46. The fourth-order valence-corrected chi connectivity index (χ4v) is 2.90. The summed E-state index contributed by atoms with van der Waals surface area (Å²) < 4.78 is 5.06. The Labute approximate surface area is 132 Å². The molecule has 0 aliphatic heterocycles. The first-order valence-corrected chi connectivity index (χ1v) is 7.70. The van der Waals surface area contributed by atoms with E-state index in [1.165, 1.54) is 0 Å². The minimum atomic E-state index is -1.11. The van der Waals surface area contributed by atoms with Crippen molar-refractivity contribution in [2.24, 2.45) is 28.9 Å². The molecule has 0 aromatic heterocycles. The number of hydrogen-bond acceptors (Lipinski definition) is 5. The van der Waals surface area contributed by atoms with Crippen molar-refractivity contribution in [3.63, 3.8) is 0 Å². The zero-order valence-corrected chi connectivity index (χ0v) is 13.7. The zero-order valence-electron chi connectivity index (χ0n) is 13.7. The van der Waals surface area contributed by atoms with E-state index in [0.717, 1.165) is 25.7 Å². The maximum atomic E-state index is 12.0. The summed E-state index contributed by atoms with van der Waals surface area (Å²) in [6.45, 7) is 9.64. The van der Waals surface area contributed by atoms with Gasteiger partial charge in [-0.05, 0) is 37.0 Å². The van der Waals surface area contributed by atoms with Crippen LogP contribution in [0.3, 0.4) is 0 Å². The molecular formula is C17H26N2O3. The molecule has 0 aromatic carbocycles. The second-order valence-electron chi connectivity index (χ2n) is 7.13. The molecule has 0 aromatic rings. The summed E-state index contributed by atoms with van der Waals surface area (Å²) in [4.78, 5) is 23.8. The van der Waals surface area contributed by atoms with Crippen molar-refractivity contribution in [2.75, 3.05) is 6.61 Å². The van der Waals surface area contributed by atoms with E-state index in [1.807, 2.05) is 0 Å². The lowest BCUT2D eigenvalue weighted by atomic mass is 9.70. The van der Waals surface area contributed by atoms with Gasteiger partial charge in [-0.25, -0.2) is 0 Å². The smallest absolute Gasteiger partial charge is 0.309 e. The van der Waals surface area contributed by atoms with Crippen LogP contribution in [0.2, 0.25) is 0 Å². The number of esters is 1. The molecule has 0 saturated heterocycles. The summed E-state index contributed by atoms with van der Waals surface area (Å²) in [5.74, 6) is -1.51. The number of nitrogens with two attached hydrogens (primary N) is 1. The average molecular weight is 306 g/mol. The van der Waals surface area contributed by atoms with Gasteiger partial charge in [-0.3, -0.25) is 9.59 Å². The number of rotatable bonds is 5. The Morgan fingerprint density at radius 2 is 1.86 bits per heavy atom. The predicted molar refractivity (Wildman–Crippen MR) is 83.3 cm³/mol. The van der Waals surface area contributed by atoms with Crippen molar-refractivity contribution in [1.29, 1.82) is 5.26 Å². The summed E-state index contributed by atoms with van der Waals surface area (Å²) in [6, 6.07) is 1.76. The number of allylic oxidation sites excluding steroid dienone is 1. The number of ketones is 1. The topological polar surface area (TPSA) is 93.2 Å². The van der Waals surface area contributed by atoms with Crippen molar-refractivity contribution in [3.8, 4) is 6.07 Å². The Bertz CT molecular complexity index is 477. The zero-order chi connectivity index (χ0) is 16.9. The van der Waals surface area contributed by atoms with Gasteiger partial charge in [0, 0.05) is 5.70 Å². The summed E-state index contributed by atoms with van der Waals surface area (Å²) in [6.07, 6.45) is 3.58.